The molecule has 1 N–H and O–H groups in total. The van der Waals surface area contributed by atoms with Gasteiger partial charge in [-0.05, 0) is 49.6 Å². The van der Waals surface area contributed by atoms with Crippen molar-refractivity contribution in [2.45, 2.75) is 26.4 Å². The largest absolute Gasteiger partial charge is 0.444 e. The molecule has 3 nitrogen and oxygen atoms in total. The summed E-state index contributed by atoms with van der Waals surface area (Å²) in [5.41, 5.74) is 2.06. The molecule has 0 radical (unpaired) electrons. The van der Waals surface area contributed by atoms with Crippen LogP contribution >= 0.6 is 0 Å². The third kappa shape index (κ3) is 4.42. The molecular formula is C19H20FNO2. The summed E-state index contributed by atoms with van der Waals surface area (Å²) < 4.78 is 19.1. The van der Waals surface area contributed by atoms with Crippen LogP contribution in [0.25, 0.3) is 17.2 Å². The number of rotatable bonds is 3. The van der Waals surface area contributed by atoms with Gasteiger partial charge in [0.1, 0.15) is 11.4 Å². The Kier molecular flexibility index (Phi) is 4.84. The molecule has 0 bridgehead atoms. The van der Waals surface area contributed by atoms with Crippen LogP contribution in [0.15, 0.2) is 49.0 Å². The lowest BCUT2D eigenvalue weighted by Gasteiger charge is -2.20. The molecule has 0 aliphatic heterocycles. The van der Waals surface area contributed by atoms with E-state index in [-0.39, 0.29) is 5.69 Å². The SMILES string of the molecule is C=Cc1ccccc1-c1ccc(F)c(NC(=O)OC(C)(C)C)c1. The Morgan fingerprint density at radius 1 is 1.22 bits per heavy atom. The van der Waals surface area contributed by atoms with E-state index in [0.717, 1.165) is 16.7 Å². The highest BCUT2D eigenvalue weighted by Crippen LogP contribution is 2.28. The van der Waals surface area contributed by atoms with Gasteiger partial charge in [-0.25, -0.2) is 9.18 Å². The Bertz CT molecular complexity index is 732. The third-order valence-electron chi connectivity index (χ3n) is 3.09. The summed E-state index contributed by atoms with van der Waals surface area (Å²) in [5, 5.41) is 2.45. The van der Waals surface area contributed by atoms with Gasteiger partial charge in [0, 0.05) is 0 Å². The predicted molar refractivity (Wildman–Crippen MR) is 91.8 cm³/mol. The first-order chi connectivity index (χ1) is 10.8. The first-order valence-corrected chi connectivity index (χ1v) is 7.31. The van der Waals surface area contributed by atoms with Crippen molar-refractivity contribution in [3.8, 4) is 11.1 Å². The van der Waals surface area contributed by atoms with Crippen molar-refractivity contribution in [3.63, 3.8) is 0 Å². The third-order valence-corrected chi connectivity index (χ3v) is 3.09. The van der Waals surface area contributed by atoms with Gasteiger partial charge in [0.15, 0.2) is 0 Å². The molecule has 0 unspecified atom stereocenters. The van der Waals surface area contributed by atoms with Gasteiger partial charge >= 0.3 is 6.09 Å². The van der Waals surface area contributed by atoms with E-state index in [4.69, 9.17) is 4.74 Å². The standard InChI is InChI=1S/C19H20FNO2/c1-5-13-8-6-7-9-15(13)14-10-11-16(20)17(12-14)21-18(22)23-19(2,3)4/h5-12H,1H2,2-4H3,(H,21,22). The highest BCUT2D eigenvalue weighted by molar-refractivity contribution is 5.87. The van der Waals surface area contributed by atoms with Gasteiger partial charge in [-0.3, -0.25) is 5.32 Å². The number of anilines is 1. The first kappa shape index (κ1) is 16.7. The molecule has 120 valence electrons. The number of benzene rings is 2. The van der Waals surface area contributed by atoms with Gasteiger partial charge in [0.25, 0.3) is 0 Å². The van der Waals surface area contributed by atoms with Gasteiger partial charge in [0.05, 0.1) is 5.69 Å². The molecule has 0 heterocycles. The molecule has 0 atom stereocenters. The molecule has 0 aromatic heterocycles. The van der Waals surface area contributed by atoms with Crippen molar-refractivity contribution in [1.82, 2.24) is 0 Å². The van der Waals surface area contributed by atoms with Gasteiger partial charge in [0.2, 0.25) is 0 Å². The fraction of sp³-hybridized carbons (Fsp3) is 0.211. The zero-order valence-corrected chi connectivity index (χ0v) is 13.5. The average Bonchev–Trinajstić information content (AvgIpc) is 2.47. The van der Waals surface area contributed by atoms with Crippen molar-refractivity contribution in [1.29, 1.82) is 0 Å². The van der Waals surface area contributed by atoms with E-state index >= 15 is 0 Å². The topological polar surface area (TPSA) is 38.3 Å². The van der Waals surface area contributed by atoms with Crippen LogP contribution in [-0.4, -0.2) is 11.7 Å². The van der Waals surface area contributed by atoms with Crippen LogP contribution in [0.5, 0.6) is 0 Å². The van der Waals surface area contributed by atoms with E-state index < -0.39 is 17.5 Å². The number of ether oxygens (including phenoxy) is 1. The summed E-state index contributed by atoms with van der Waals surface area (Å²) in [4.78, 5) is 11.8. The summed E-state index contributed by atoms with van der Waals surface area (Å²) in [7, 11) is 0. The number of nitrogens with one attached hydrogen (secondary N) is 1. The lowest BCUT2D eigenvalue weighted by molar-refractivity contribution is 0.0635. The number of hydrogen-bond acceptors (Lipinski definition) is 2. The molecule has 0 aliphatic carbocycles. The maximum Gasteiger partial charge on any atom is 0.412 e. The molecule has 0 fully saturated rings. The van der Waals surface area contributed by atoms with E-state index in [9.17, 15) is 9.18 Å². The van der Waals surface area contributed by atoms with Crippen LogP contribution in [0.1, 0.15) is 26.3 Å². The number of halogens is 1. The number of carbonyl (C=O) groups excluding carboxylic acids is 1. The van der Waals surface area contributed by atoms with Crippen LogP contribution in [0.4, 0.5) is 14.9 Å². The Labute approximate surface area is 135 Å². The van der Waals surface area contributed by atoms with Crippen LogP contribution in [0, 0.1) is 5.82 Å². The molecular weight excluding hydrogens is 293 g/mol. The quantitative estimate of drug-likeness (QED) is 0.814. The monoisotopic (exact) mass is 313 g/mol. The van der Waals surface area contributed by atoms with Gasteiger partial charge in [-0.1, -0.05) is 43.0 Å². The number of hydrogen-bond donors (Lipinski definition) is 1. The van der Waals surface area contributed by atoms with E-state index in [1.165, 1.54) is 6.07 Å². The minimum absolute atomic E-state index is 0.0793. The molecule has 0 saturated carbocycles. The lowest BCUT2D eigenvalue weighted by atomic mass is 9.99. The summed E-state index contributed by atoms with van der Waals surface area (Å²) in [6.45, 7) is 9.03. The summed E-state index contributed by atoms with van der Waals surface area (Å²) in [6.07, 6.45) is 1.05. The highest BCUT2D eigenvalue weighted by atomic mass is 19.1. The molecule has 2 aromatic carbocycles. The Morgan fingerprint density at radius 2 is 1.91 bits per heavy atom. The van der Waals surface area contributed by atoms with Crippen LogP contribution < -0.4 is 5.32 Å². The average molecular weight is 313 g/mol. The number of amides is 1. The fourth-order valence-electron chi connectivity index (χ4n) is 2.14. The van der Waals surface area contributed by atoms with Gasteiger partial charge < -0.3 is 4.74 Å². The Hall–Kier alpha value is -2.62. The van der Waals surface area contributed by atoms with Crippen LogP contribution in [-0.2, 0) is 4.74 Å². The zero-order chi connectivity index (χ0) is 17.0. The molecule has 1 amide bonds. The van der Waals surface area contributed by atoms with Crippen molar-refractivity contribution >= 4 is 17.9 Å². The second-order valence-corrected chi connectivity index (χ2v) is 6.11. The number of carbonyl (C=O) groups is 1. The summed E-state index contributed by atoms with van der Waals surface area (Å²) >= 11 is 0. The van der Waals surface area contributed by atoms with Crippen molar-refractivity contribution in [3.05, 3.63) is 60.4 Å². The second-order valence-electron chi connectivity index (χ2n) is 6.11. The van der Waals surface area contributed by atoms with Crippen molar-refractivity contribution in [2.24, 2.45) is 0 Å². The normalized spacial score (nSPS) is 11.0. The molecule has 23 heavy (non-hydrogen) atoms. The molecule has 0 aliphatic rings. The second kappa shape index (κ2) is 6.65. The minimum Gasteiger partial charge on any atom is -0.444 e. The summed E-state index contributed by atoms with van der Waals surface area (Å²) in [6, 6.07) is 12.2. The van der Waals surface area contributed by atoms with Gasteiger partial charge in [-0.2, -0.15) is 0 Å². The fourth-order valence-corrected chi connectivity index (χ4v) is 2.14. The predicted octanol–water partition coefficient (Wildman–Crippen LogP) is 5.48. The molecule has 0 spiro atoms. The molecule has 2 aromatic rings. The van der Waals surface area contributed by atoms with E-state index in [0.29, 0.717) is 0 Å². The van der Waals surface area contributed by atoms with Crippen molar-refractivity contribution in [2.75, 3.05) is 5.32 Å². The Balaban J connectivity index is 2.33. The smallest absolute Gasteiger partial charge is 0.412 e. The maximum absolute atomic E-state index is 14.0. The van der Waals surface area contributed by atoms with Crippen molar-refractivity contribution < 1.29 is 13.9 Å². The van der Waals surface area contributed by atoms with E-state index in [2.05, 4.69) is 11.9 Å². The molecule has 4 heteroatoms. The van der Waals surface area contributed by atoms with Gasteiger partial charge in [-0.15, -0.1) is 0 Å². The zero-order valence-electron chi connectivity index (χ0n) is 13.5. The highest BCUT2D eigenvalue weighted by Gasteiger charge is 2.17. The minimum atomic E-state index is -0.689. The maximum atomic E-state index is 14.0. The van der Waals surface area contributed by atoms with Crippen LogP contribution in [0.2, 0.25) is 0 Å². The molecule has 0 saturated heterocycles. The Morgan fingerprint density at radius 3 is 2.57 bits per heavy atom. The van der Waals surface area contributed by atoms with E-state index in [1.54, 1.807) is 39.0 Å². The summed E-state index contributed by atoms with van der Waals surface area (Å²) in [5.74, 6) is -0.518. The van der Waals surface area contributed by atoms with E-state index in [1.807, 2.05) is 24.3 Å². The lowest BCUT2D eigenvalue weighted by Crippen LogP contribution is -2.27. The first-order valence-electron chi connectivity index (χ1n) is 7.31. The van der Waals surface area contributed by atoms with Crippen LogP contribution in [0.3, 0.4) is 0 Å². The molecule has 2 rings (SSSR count).